The van der Waals surface area contributed by atoms with E-state index in [0.717, 1.165) is 34.8 Å². The van der Waals surface area contributed by atoms with Gasteiger partial charge in [-0.05, 0) is 36.8 Å². The number of anilines is 1. The highest BCUT2D eigenvalue weighted by Gasteiger charge is 2.42. The maximum atomic E-state index is 13.1. The molecule has 0 saturated heterocycles. The van der Waals surface area contributed by atoms with Gasteiger partial charge < -0.3 is 5.32 Å². The average molecular weight is 321 g/mol. The van der Waals surface area contributed by atoms with E-state index in [-0.39, 0.29) is 17.1 Å². The molecule has 0 unspecified atom stereocenters. The van der Waals surface area contributed by atoms with E-state index in [4.69, 9.17) is 0 Å². The lowest BCUT2D eigenvalue weighted by atomic mass is 9.68. The number of H-pyrrole nitrogens is 1. The molecular weight excluding hydrogens is 298 g/mol. The highest BCUT2D eigenvalue weighted by molar-refractivity contribution is 6.01. The summed E-state index contributed by atoms with van der Waals surface area (Å²) >= 11 is 0. The molecule has 2 heterocycles. The predicted molar refractivity (Wildman–Crippen MR) is 95.0 cm³/mol. The van der Waals surface area contributed by atoms with E-state index in [1.807, 2.05) is 13.0 Å². The smallest absolute Gasteiger partial charge is 0.162 e. The lowest BCUT2D eigenvalue weighted by molar-refractivity contribution is -0.118. The standard InChI is InChI=1S/C20H23N3O/c1-11-7-5-6-8-13(11)17-16-12(2)22-23-19(16)21-14-9-20(3,4)10-15(24)18(14)17/h5-8,17H,9-10H2,1-4H3,(H2,21,22,23)/t17-/m0/s1. The molecule has 0 fully saturated rings. The number of hydrogen-bond donors (Lipinski definition) is 2. The second-order valence-electron chi connectivity index (χ2n) is 7.86. The minimum atomic E-state index is -0.0280. The molecule has 0 saturated carbocycles. The second-order valence-corrected chi connectivity index (χ2v) is 7.86. The molecule has 1 atom stereocenters. The van der Waals surface area contributed by atoms with Crippen LogP contribution in [0.1, 0.15) is 55.0 Å². The van der Waals surface area contributed by atoms with Crippen LogP contribution in [0, 0.1) is 19.3 Å². The first-order chi connectivity index (χ1) is 11.4. The molecule has 1 aliphatic heterocycles. The van der Waals surface area contributed by atoms with Crippen LogP contribution in [0.25, 0.3) is 0 Å². The van der Waals surface area contributed by atoms with Crippen molar-refractivity contribution in [2.24, 2.45) is 5.41 Å². The SMILES string of the molecule is Cc1ccccc1[C@@H]1C2=C(CC(C)(C)CC2=O)Nc2n[nH]c(C)c21. The summed E-state index contributed by atoms with van der Waals surface area (Å²) in [6.07, 6.45) is 1.48. The fraction of sp³-hybridized carbons (Fsp3) is 0.400. The monoisotopic (exact) mass is 321 g/mol. The maximum absolute atomic E-state index is 13.1. The number of ketones is 1. The summed E-state index contributed by atoms with van der Waals surface area (Å²) in [5.74, 6) is 1.10. The summed E-state index contributed by atoms with van der Waals surface area (Å²) in [5.41, 5.74) is 6.50. The molecule has 4 rings (SSSR count). The fourth-order valence-corrected chi connectivity index (χ4v) is 4.18. The van der Waals surface area contributed by atoms with E-state index >= 15 is 0 Å². The van der Waals surface area contributed by atoms with E-state index in [0.29, 0.717) is 6.42 Å². The first-order valence-corrected chi connectivity index (χ1v) is 8.51. The number of aromatic nitrogens is 2. The van der Waals surface area contributed by atoms with Crippen LogP contribution in [0.3, 0.4) is 0 Å². The van der Waals surface area contributed by atoms with Crippen molar-refractivity contribution in [1.29, 1.82) is 0 Å². The highest BCUT2D eigenvalue weighted by atomic mass is 16.1. The Morgan fingerprint density at radius 1 is 1.17 bits per heavy atom. The minimum absolute atomic E-state index is 0.0119. The van der Waals surface area contributed by atoms with Gasteiger partial charge in [-0.25, -0.2) is 0 Å². The van der Waals surface area contributed by atoms with Crippen LogP contribution in [-0.2, 0) is 4.79 Å². The number of fused-ring (bicyclic) bond motifs is 1. The van der Waals surface area contributed by atoms with Crippen molar-refractivity contribution in [3.8, 4) is 0 Å². The predicted octanol–water partition coefficient (Wildman–Crippen LogP) is 4.23. The lowest BCUT2D eigenvalue weighted by Gasteiger charge is -2.38. The largest absolute Gasteiger partial charge is 0.342 e. The third kappa shape index (κ3) is 2.20. The summed E-state index contributed by atoms with van der Waals surface area (Å²) < 4.78 is 0. The number of hydrogen-bond acceptors (Lipinski definition) is 3. The molecule has 4 nitrogen and oxygen atoms in total. The second kappa shape index (κ2) is 5.07. The third-order valence-electron chi connectivity index (χ3n) is 5.26. The number of benzene rings is 1. The molecule has 0 radical (unpaired) electrons. The maximum Gasteiger partial charge on any atom is 0.162 e. The van der Waals surface area contributed by atoms with Crippen LogP contribution in [0.15, 0.2) is 35.5 Å². The van der Waals surface area contributed by atoms with E-state index in [2.05, 4.69) is 54.5 Å². The number of aryl methyl sites for hydroxylation is 2. The van der Waals surface area contributed by atoms with Crippen molar-refractivity contribution in [3.63, 3.8) is 0 Å². The van der Waals surface area contributed by atoms with Gasteiger partial charge in [0.2, 0.25) is 0 Å². The molecule has 1 aliphatic carbocycles. The Hall–Kier alpha value is -2.36. The molecule has 1 aromatic heterocycles. The molecular formula is C20H23N3O. The van der Waals surface area contributed by atoms with Gasteiger partial charge in [-0.1, -0.05) is 38.1 Å². The number of aromatic amines is 1. The number of allylic oxidation sites excluding steroid dienone is 2. The first kappa shape index (κ1) is 15.2. The van der Waals surface area contributed by atoms with Gasteiger partial charge in [-0.2, -0.15) is 5.10 Å². The molecule has 124 valence electrons. The van der Waals surface area contributed by atoms with Gasteiger partial charge in [0, 0.05) is 34.9 Å². The van der Waals surface area contributed by atoms with Crippen molar-refractivity contribution in [2.45, 2.75) is 46.5 Å². The quantitative estimate of drug-likeness (QED) is 0.826. The van der Waals surface area contributed by atoms with Gasteiger partial charge in [-0.15, -0.1) is 0 Å². The van der Waals surface area contributed by atoms with Crippen LogP contribution >= 0.6 is 0 Å². The van der Waals surface area contributed by atoms with Crippen molar-refractivity contribution < 1.29 is 4.79 Å². The van der Waals surface area contributed by atoms with Crippen LogP contribution in [0.4, 0.5) is 5.82 Å². The van der Waals surface area contributed by atoms with Crippen LogP contribution in [0.2, 0.25) is 0 Å². The summed E-state index contributed by atoms with van der Waals surface area (Å²) in [6.45, 7) is 8.46. The van der Waals surface area contributed by atoms with Crippen molar-refractivity contribution in [2.75, 3.05) is 5.32 Å². The third-order valence-corrected chi connectivity index (χ3v) is 5.26. The Kier molecular flexibility index (Phi) is 3.21. The minimum Gasteiger partial charge on any atom is -0.342 e. The number of carbonyl (C=O) groups is 1. The zero-order chi connectivity index (χ0) is 17.1. The Balaban J connectivity index is 1.97. The Labute approximate surface area is 142 Å². The number of nitrogens with zero attached hydrogens (tertiary/aromatic N) is 1. The summed E-state index contributed by atoms with van der Waals surface area (Å²) in [4.78, 5) is 13.1. The molecule has 4 heteroatoms. The summed E-state index contributed by atoms with van der Waals surface area (Å²) in [6, 6.07) is 8.35. The molecule has 2 aromatic rings. The molecule has 1 aromatic carbocycles. The Morgan fingerprint density at radius 2 is 1.92 bits per heavy atom. The summed E-state index contributed by atoms with van der Waals surface area (Å²) in [5, 5.41) is 11.0. The van der Waals surface area contributed by atoms with Gasteiger partial charge in [0.1, 0.15) is 0 Å². The fourth-order valence-electron chi connectivity index (χ4n) is 4.18. The first-order valence-electron chi connectivity index (χ1n) is 8.51. The molecule has 2 N–H and O–H groups in total. The van der Waals surface area contributed by atoms with Gasteiger partial charge in [-0.3, -0.25) is 9.89 Å². The van der Waals surface area contributed by atoms with Gasteiger partial charge in [0.05, 0.1) is 0 Å². The van der Waals surface area contributed by atoms with Crippen molar-refractivity contribution >= 4 is 11.6 Å². The van der Waals surface area contributed by atoms with Crippen LogP contribution in [0.5, 0.6) is 0 Å². The van der Waals surface area contributed by atoms with Crippen molar-refractivity contribution in [3.05, 3.63) is 57.9 Å². The zero-order valence-corrected chi connectivity index (χ0v) is 14.7. The molecule has 2 aliphatic rings. The van der Waals surface area contributed by atoms with E-state index in [1.54, 1.807) is 0 Å². The Bertz CT molecular complexity index is 873. The topological polar surface area (TPSA) is 57.8 Å². The highest BCUT2D eigenvalue weighted by Crippen LogP contribution is 2.49. The zero-order valence-electron chi connectivity index (χ0n) is 14.7. The number of rotatable bonds is 1. The van der Waals surface area contributed by atoms with Crippen LogP contribution < -0.4 is 5.32 Å². The lowest BCUT2D eigenvalue weighted by Crippen LogP contribution is -2.34. The van der Waals surface area contributed by atoms with Gasteiger partial charge in [0.25, 0.3) is 0 Å². The van der Waals surface area contributed by atoms with E-state index in [9.17, 15) is 4.79 Å². The Morgan fingerprint density at radius 3 is 2.67 bits per heavy atom. The van der Waals surface area contributed by atoms with Gasteiger partial charge >= 0.3 is 0 Å². The van der Waals surface area contributed by atoms with E-state index < -0.39 is 0 Å². The molecule has 0 bridgehead atoms. The molecule has 0 amide bonds. The number of carbonyl (C=O) groups excluding carboxylic acids is 1. The molecule has 0 spiro atoms. The van der Waals surface area contributed by atoms with Gasteiger partial charge in [0.15, 0.2) is 11.6 Å². The average Bonchev–Trinajstić information content (AvgIpc) is 2.86. The number of nitrogens with one attached hydrogen (secondary N) is 2. The number of Topliss-reactive ketones (excluding diaryl/α,β-unsaturated/α-hetero) is 1. The normalized spacial score (nSPS) is 22.0. The summed E-state index contributed by atoms with van der Waals surface area (Å²) in [7, 11) is 0. The molecule has 24 heavy (non-hydrogen) atoms. The van der Waals surface area contributed by atoms with Crippen LogP contribution in [-0.4, -0.2) is 16.0 Å². The van der Waals surface area contributed by atoms with Crippen molar-refractivity contribution in [1.82, 2.24) is 10.2 Å². The van der Waals surface area contributed by atoms with E-state index in [1.165, 1.54) is 11.1 Å².